The number of benzene rings is 2. The smallest absolute Gasteiger partial charge is 0.00737 e. The Hall–Kier alpha value is -1.56. The highest BCUT2D eigenvalue weighted by atomic mass is 14.3. The third-order valence-corrected chi connectivity index (χ3v) is 3.02. The SMILES string of the molecule is CC1c2c[c]ccc2-c2cc[c]cc21. The highest BCUT2D eigenvalue weighted by Crippen LogP contribution is 2.43. The molecule has 0 heteroatoms. The van der Waals surface area contributed by atoms with Crippen LogP contribution in [0.1, 0.15) is 24.0 Å². The molecule has 2 aromatic rings. The zero-order chi connectivity index (χ0) is 9.54. The Bertz CT molecular complexity index is 437. The first-order chi connectivity index (χ1) is 6.88. The molecule has 14 heavy (non-hydrogen) atoms. The maximum atomic E-state index is 3.15. The third kappa shape index (κ3) is 0.884. The van der Waals surface area contributed by atoms with E-state index >= 15 is 0 Å². The second-order valence-corrected chi connectivity index (χ2v) is 3.75. The predicted octanol–water partition coefficient (Wildman–Crippen LogP) is 3.42. The van der Waals surface area contributed by atoms with Crippen molar-refractivity contribution in [2.75, 3.05) is 0 Å². The van der Waals surface area contributed by atoms with Crippen LogP contribution in [0, 0.1) is 12.1 Å². The number of hydrogen-bond donors (Lipinski definition) is 0. The minimum absolute atomic E-state index is 0.495. The Labute approximate surface area is 84.2 Å². The van der Waals surface area contributed by atoms with Crippen LogP contribution >= 0.6 is 0 Å². The highest BCUT2D eigenvalue weighted by molar-refractivity contribution is 5.78. The van der Waals surface area contributed by atoms with Crippen molar-refractivity contribution < 1.29 is 0 Å². The summed E-state index contributed by atoms with van der Waals surface area (Å²) in [7, 11) is 0. The molecule has 0 unspecified atom stereocenters. The van der Waals surface area contributed by atoms with Crippen molar-refractivity contribution in [1.82, 2.24) is 0 Å². The van der Waals surface area contributed by atoms with Crippen molar-refractivity contribution in [3.8, 4) is 11.1 Å². The summed E-state index contributed by atoms with van der Waals surface area (Å²) in [6, 6.07) is 18.8. The van der Waals surface area contributed by atoms with E-state index in [-0.39, 0.29) is 0 Å². The lowest BCUT2D eigenvalue weighted by Gasteiger charge is -2.04. The molecule has 0 saturated carbocycles. The van der Waals surface area contributed by atoms with Crippen molar-refractivity contribution in [2.24, 2.45) is 0 Å². The Balaban J connectivity index is 2.36. The van der Waals surface area contributed by atoms with Crippen LogP contribution in [0.2, 0.25) is 0 Å². The van der Waals surface area contributed by atoms with E-state index in [1.165, 1.54) is 22.3 Å². The molecule has 0 spiro atoms. The standard InChI is InChI=1S/C14H10/c1-10-11-6-2-4-8-13(11)14-9-5-3-7-12(10)14/h4-10H,1H3. The van der Waals surface area contributed by atoms with E-state index in [1.807, 2.05) is 12.1 Å². The maximum Gasteiger partial charge on any atom is 0.00737 e. The summed E-state index contributed by atoms with van der Waals surface area (Å²) >= 11 is 0. The number of fused-ring (bicyclic) bond motifs is 3. The Morgan fingerprint density at radius 3 is 1.93 bits per heavy atom. The predicted molar refractivity (Wildman–Crippen MR) is 57.1 cm³/mol. The van der Waals surface area contributed by atoms with Crippen molar-refractivity contribution in [1.29, 1.82) is 0 Å². The quantitative estimate of drug-likeness (QED) is 0.580. The van der Waals surface area contributed by atoms with Gasteiger partial charge in [0.15, 0.2) is 0 Å². The molecular weight excluding hydrogens is 168 g/mol. The summed E-state index contributed by atoms with van der Waals surface area (Å²) in [5.74, 6) is 0.495. The molecule has 0 heterocycles. The van der Waals surface area contributed by atoms with Gasteiger partial charge in [0.2, 0.25) is 0 Å². The van der Waals surface area contributed by atoms with Gasteiger partial charge in [0.1, 0.15) is 0 Å². The fourth-order valence-corrected chi connectivity index (χ4v) is 2.26. The van der Waals surface area contributed by atoms with Gasteiger partial charge in [-0.05, 0) is 46.5 Å². The molecule has 0 atom stereocenters. The lowest BCUT2D eigenvalue weighted by molar-refractivity contribution is 0.956. The number of hydrogen-bond acceptors (Lipinski definition) is 0. The average Bonchev–Trinajstić information content (AvgIpc) is 2.55. The van der Waals surface area contributed by atoms with E-state index in [1.54, 1.807) is 0 Å². The highest BCUT2D eigenvalue weighted by Gasteiger charge is 2.23. The molecule has 2 radical (unpaired) electrons. The summed E-state index contributed by atoms with van der Waals surface area (Å²) in [5.41, 5.74) is 5.50. The molecular formula is C14H10. The van der Waals surface area contributed by atoms with Gasteiger partial charge >= 0.3 is 0 Å². The van der Waals surface area contributed by atoms with E-state index in [2.05, 4.69) is 43.3 Å². The first-order valence-electron chi connectivity index (χ1n) is 4.88. The molecule has 0 aliphatic heterocycles. The summed E-state index contributed by atoms with van der Waals surface area (Å²) in [6.07, 6.45) is 0. The molecule has 0 amide bonds. The van der Waals surface area contributed by atoms with Gasteiger partial charge in [0.05, 0.1) is 0 Å². The van der Waals surface area contributed by atoms with Crippen LogP contribution in [0.25, 0.3) is 11.1 Å². The van der Waals surface area contributed by atoms with E-state index in [0.717, 1.165) is 0 Å². The van der Waals surface area contributed by atoms with Gasteiger partial charge in [0, 0.05) is 5.92 Å². The largest absolute Gasteiger partial charge is 0.0542 e. The Morgan fingerprint density at radius 1 is 0.929 bits per heavy atom. The van der Waals surface area contributed by atoms with Gasteiger partial charge in [-0.25, -0.2) is 0 Å². The van der Waals surface area contributed by atoms with Crippen LogP contribution in [0.15, 0.2) is 36.4 Å². The molecule has 3 rings (SSSR count). The van der Waals surface area contributed by atoms with Crippen LogP contribution in [0.3, 0.4) is 0 Å². The zero-order valence-corrected chi connectivity index (χ0v) is 8.04. The number of rotatable bonds is 0. The third-order valence-electron chi connectivity index (χ3n) is 3.02. The van der Waals surface area contributed by atoms with Gasteiger partial charge in [-0.15, -0.1) is 0 Å². The second kappa shape index (κ2) is 2.71. The molecule has 0 saturated heterocycles. The van der Waals surface area contributed by atoms with Gasteiger partial charge in [-0.3, -0.25) is 0 Å². The topological polar surface area (TPSA) is 0 Å². The lowest BCUT2D eigenvalue weighted by Crippen LogP contribution is -1.88. The summed E-state index contributed by atoms with van der Waals surface area (Å²) in [6.45, 7) is 2.24. The fraction of sp³-hybridized carbons (Fsp3) is 0.143. The maximum absolute atomic E-state index is 3.15. The van der Waals surface area contributed by atoms with Crippen molar-refractivity contribution in [3.63, 3.8) is 0 Å². The van der Waals surface area contributed by atoms with Gasteiger partial charge < -0.3 is 0 Å². The van der Waals surface area contributed by atoms with E-state index in [4.69, 9.17) is 0 Å². The zero-order valence-electron chi connectivity index (χ0n) is 8.04. The van der Waals surface area contributed by atoms with Crippen LogP contribution in [0.4, 0.5) is 0 Å². The fourth-order valence-electron chi connectivity index (χ4n) is 2.26. The molecule has 0 N–H and O–H groups in total. The molecule has 1 aliphatic rings. The monoisotopic (exact) mass is 178 g/mol. The minimum atomic E-state index is 0.495. The molecule has 0 fully saturated rings. The van der Waals surface area contributed by atoms with E-state index in [9.17, 15) is 0 Å². The van der Waals surface area contributed by atoms with Crippen LogP contribution in [-0.2, 0) is 0 Å². The first kappa shape index (κ1) is 7.81. The lowest BCUT2D eigenvalue weighted by atomic mass is 10.00. The van der Waals surface area contributed by atoms with Crippen LogP contribution < -0.4 is 0 Å². The van der Waals surface area contributed by atoms with Gasteiger partial charge in [-0.2, -0.15) is 0 Å². The normalized spacial score (nSPS) is 13.8. The summed E-state index contributed by atoms with van der Waals surface area (Å²) in [4.78, 5) is 0. The average molecular weight is 178 g/mol. The molecule has 66 valence electrons. The minimum Gasteiger partial charge on any atom is -0.0542 e. The Kier molecular flexibility index (Phi) is 1.51. The summed E-state index contributed by atoms with van der Waals surface area (Å²) < 4.78 is 0. The second-order valence-electron chi connectivity index (χ2n) is 3.75. The molecule has 1 aliphatic carbocycles. The van der Waals surface area contributed by atoms with Gasteiger partial charge in [-0.1, -0.05) is 31.2 Å². The molecule has 0 bridgehead atoms. The molecule has 2 aromatic carbocycles. The first-order valence-corrected chi connectivity index (χ1v) is 4.88. The van der Waals surface area contributed by atoms with E-state index < -0.39 is 0 Å². The summed E-state index contributed by atoms with van der Waals surface area (Å²) in [5, 5.41) is 0. The van der Waals surface area contributed by atoms with Crippen LogP contribution in [-0.4, -0.2) is 0 Å². The van der Waals surface area contributed by atoms with Crippen molar-refractivity contribution >= 4 is 0 Å². The molecule has 0 aromatic heterocycles. The Morgan fingerprint density at radius 2 is 1.43 bits per heavy atom. The van der Waals surface area contributed by atoms with E-state index in [0.29, 0.717) is 5.92 Å². The van der Waals surface area contributed by atoms with Crippen molar-refractivity contribution in [3.05, 3.63) is 59.7 Å². The van der Waals surface area contributed by atoms with Crippen molar-refractivity contribution in [2.45, 2.75) is 12.8 Å². The van der Waals surface area contributed by atoms with Gasteiger partial charge in [0.25, 0.3) is 0 Å². The molecule has 0 nitrogen and oxygen atoms in total. The van der Waals surface area contributed by atoms with Crippen LogP contribution in [0.5, 0.6) is 0 Å².